The van der Waals surface area contributed by atoms with Gasteiger partial charge >= 0.3 is 0 Å². The van der Waals surface area contributed by atoms with Crippen molar-refractivity contribution in [3.63, 3.8) is 0 Å². The molecule has 1 atom stereocenters. The summed E-state index contributed by atoms with van der Waals surface area (Å²) in [5.41, 5.74) is 2.65. The molecule has 0 aliphatic carbocycles. The lowest BCUT2D eigenvalue weighted by atomic mass is 9.93. The third kappa shape index (κ3) is 5.73. The Balaban J connectivity index is 1.96. The van der Waals surface area contributed by atoms with Gasteiger partial charge in [0.15, 0.2) is 19.9 Å². The zero-order valence-electron chi connectivity index (χ0n) is 17.9. The number of rotatable bonds is 7. The predicted octanol–water partition coefficient (Wildman–Crippen LogP) is 4.78. The van der Waals surface area contributed by atoms with Crippen LogP contribution in [0.4, 0.5) is 8.78 Å². The molecule has 1 unspecified atom stereocenters. The molecule has 0 spiro atoms. The minimum Gasteiger partial charge on any atom is -0.486 e. The highest BCUT2D eigenvalue weighted by Gasteiger charge is 2.36. The van der Waals surface area contributed by atoms with Crippen LogP contribution in [0.3, 0.4) is 0 Å². The van der Waals surface area contributed by atoms with E-state index in [2.05, 4.69) is 44.4 Å². The monoisotopic (exact) mass is 424 g/mol. The lowest BCUT2D eigenvalue weighted by Gasteiger charge is -2.35. The first-order valence-corrected chi connectivity index (χ1v) is 12.6. The van der Waals surface area contributed by atoms with E-state index in [-0.39, 0.29) is 41.2 Å². The van der Waals surface area contributed by atoms with Crippen LogP contribution in [0.1, 0.15) is 39.7 Å². The van der Waals surface area contributed by atoms with Gasteiger partial charge in [-0.25, -0.2) is 9.82 Å². The molecule has 1 heterocycles. The van der Waals surface area contributed by atoms with Gasteiger partial charge in [-0.15, -0.1) is 0 Å². The minimum absolute atomic E-state index is 0.0284. The molecule has 0 saturated heterocycles. The van der Waals surface area contributed by atoms with E-state index in [9.17, 15) is 13.6 Å². The van der Waals surface area contributed by atoms with Gasteiger partial charge in [-0.3, -0.25) is 4.79 Å². The first-order valence-electron chi connectivity index (χ1n) is 9.70. The highest BCUT2D eigenvalue weighted by atomic mass is 28.4. The molecule has 0 bridgehead atoms. The number of hydrazone groups is 1. The average molecular weight is 425 g/mol. The van der Waals surface area contributed by atoms with Gasteiger partial charge in [0.25, 0.3) is 0 Å². The van der Waals surface area contributed by atoms with Crippen LogP contribution < -0.4 is 10.2 Å². The zero-order valence-corrected chi connectivity index (χ0v) is 18.9. The van der Waals surface area contributed by atoms with Gasteiger partial charge in [-0.2, -0.15) is 9.49 Å². The number of ether oxygens (including phenoxy) is 1. The molecule has 1 aromatic rings. The summed E-state index contributed by atoms with van der Waals surface area (Å²) in [6, 6.07) is 2.80. The standard InChI is InChI=1S/C21H30F2N2O3Si/c1-14-13-17(26)24-25-20(14)15-9-10-16(19(23)18(15)22)27-11-7-8-12-28-29(5,6)21(2,3)4/h7-10,14H,11-13H2,1-6H3,(H,24,26). The Morgan fingerprint density at radius 2 is 1.86 bits per heavy atom. The van der Waals surface area contributed by atoms with E-state index in [1.54, 1.807) is 13.0 Å². The smallest absolute Gasteiger partial charge is 0.240 e. The summed E-state index contributed by atoms with van der Waals surface area (Å²) >= 11 is 0. The first kappa shape index (κ1) is 23.2. The third-order valence-corrected chi connectivity index (χ3v) is 9.93. The molecule has 0 aromatic heterocycles. The molecule has 1 N–H and O–H groups in total. The quantitative estimate of drug-likeness (QED) is 0.506. The lowest BCUT2D eigenvalue weighted by Crippen LogP contribution is -2.40. The van der Waals surface area contributed by atoms with E-state index in [0.717, 1.165) is 0 Å². The second-order valence-electron chi connectivity index (χ2n) is 8.73. The fourth-order valence-electron chi connectivity index (χ4n) is 2.57. The topological polar surface area (TPSA) is 59.9 Å². The Kier molecular flexibility index (Phi) is 7.34. The molecule has 1 aromatic carbocycles. The number of carbonyl (C=O) groups is 1. The fourth-order valence-corrected chi connectivity index (χ4v) is 3.51. The van der Waals surface area contributed by atoms with Crippen molar-refractivity contribution in [2.45, 2.75) is 52.2 Å². The van der Waals surface area contributed by atoms with Gasteiger partial charge in [-0.1, -0.05) is 33.8 Å². The minimum atomic E-state index is -1.82. The van der Waals surface area contributed by atoms with Crippen molar-refractivity contribution < 1.29 is 22.7 Å². The number of hydrogen-bond acceptors (Lipinski definition) is 4. The van der Waals surface area contributed by atoms with Gasteiger partial charge in [0.1, 0.15) is 6.61 Å². The van der Waals surface area contributed by atoms with Crippen molar-refractivity contribution in [1.82, 2.24) is 5.43 Å². The van der Waals surface area contributed by atoms with E-state index in [4.69, 9.17) is 9.16 Å². The van der Waals surface area contributed by atoms with Gasteiger partial charge in [0.2, 0.25) is 11.7 Å². The number of hydrogen-bond donors (Lipinski definition) is 1. The Hall–Kier alpha value is -2.06. The maximum absolute atomic E-state index is 14.5. The predicted molar refractivity (Wildman–Crippen MR) is 113 cm³/mol. The summed E-state index contributed by atoms with van der Waals surface area (Å²) in [6.07, 6.45) is 3.73. The molecule has 160 valence electrons. The van der Waals surface area contributed by atoms with Crippen LogP contribution in [0.5, 0.6) is 5.75 Å². The SMILES string of the molecule is CC1CC(=O)NN=C1c1ccc(OCC=CCO[Si](C)(C)C(C)(C)C)c(F)c1F. The summed E-state index contributed by atoms with van der Waals surface area (Å²) in [4.78, 5) is 11.3. The van der Waals surface area contributed by atoms with E-state index < -0.39 is 20.0 Å². The molecule has 8 heteroatoms. The van der Waals surface area contributed by atoms with E-state index in [1.807, 2.05) is 6.08 Å². The number of nitrogens with one attached hydrogen (secondary N) is 1. The van der Waals surface area contributed by atoms with E-state index >= 15 is 0 Å². The molecule has 29 heavy (non-hydrogen) atoms. The normalized spacial score (nSPS) is 18.0. The average Bonchev–Trinajstić information content (AvgIpc) is 2.61. The van der Waals surface area contributed by atoms with Gasteiger partial charge in [0, 0.05) is 17.9 Å². The highest BCUT2D eigenvalue weighted by Crippen LogP contribution is 2.36. The van der Waals surface area contributed by atoms with Crippen molar-refractivity contribution >= 4 is 19.9 Å². The summed E-state index contributed by atoms with van der Waals surface area (Å²) < 4.78 is 40.3. The molecular weight excluding hydrogens is 394 g/mol. The van der Waals surface area contributed by atoms with Gasteiger partial charge in [0.05, 0.1) is 12.3 Å². The number of amides is 1. The first-order chi connectivity index (χ1) is 13.4. The lowest BCUT2D eigenvalue weighted by molar-refractivity contribution is -0.121. The van der Waals surface area contributed by atoms with Crippen LogP contribution in [-0.4, -0.2) is 33.2 Å². The van der Waals surface area contributed by atoms with Gasteiger partial charge in [-0.05, 0) is 36.3 Å². The molecule has 2 rings (SSSR count). The number of benzene rings is 1. The maximum atomic E-state index is 14.5. The van der Waals surface area contributed by atoms with Gasteiger partial charge < -0.3 is 9.16 Å². The van der Waals surface area contributed by atoms with Crippen LogP contribution in [0.2, 0.25) is 18.1 Å². The maximum Gasteiger partial charge on any atom is 0.240 e. The van der Waals surface area contributed by atoms with E-state index in [1.165, 1.54) is 12.1 Å². The van der Waals surface area contributed by atoms with Crippen molar-refractivity contribution in [3.8, 4) is 5.75 Å². The molecule has 1 amide bonds. The highest BCUT2D eigenvalue weighted by molar-refractivity contribution is 6.74. The largest absolute Gasteiger partial charge is 0.486 e. The molecule has 0 saturated carbocycles. The second kappa shape index (κ2) is 9.17. The summed E-state index contributed by atoms with van der Waals surface area (Å²) in [6.45, 7) is 13.1. The Labute approximate surface area is 172 Å². The van der Waals surface area contributed by atoms with Crippen LogP contribution in [0.15, 0.2) is 29.4 Å². The molecule has 0 radical (unpaired) electrons. The number of halogens is 2. The number of carbonyl (C=O) groups excluding carboxylic acids is 1. The van der Waals surface area contributed by atoms with Crippen LogP contribution in [0.25, 0.3) is 0 Å². The molecule has 1 aliphatic heterocycles. The summed E-state index contributed by atoms with van der Waals surface area (Å²) in [5, 5.41) is 4.00. The van der Waals surface area contributed by atoms with E-state index in [0.29, 0.717) is 12.3 Å². The Morgan fingerprint density at radius 1 is 1.21 bits per heavy atom. The third-order valence-electron chi connectivity index (χ3n) is 5.43. The molecule has 1 aliphatic rings. The Bertz CT molecular complexity index is 817. The Morgan fingerprint density at radius 3 is 2.48 bits per heavy atom. The van der Waals surface area contributed by atoms with Crippen molar-refractivity contribution in [2.24, 2.45) is 11.0 Å². The number of nitrogens with zero attached hydrogens (tertiary/aromatic N) is 1. The van der Waals surface area contributed by atoms with Crippen LogP contribution >= 0.6 is 0 Å². The molecule has 0 fully saturated rings. The fraction of sp³-hybridized carbons (Fsp3) is 0.524. The zero-order chi connectivity index (χ0) is 21.8. The molecular formula is C21H30F2N2O3Si. The van der Waals surface area contributed by atoms with Crippen molar-refractivity contribution in [3.05, 3.63) is 41.5 Å². The molecule has 5 nitrogen and oxygen atoms in total. The van der Waals surface area contributed by atoms with Crippen molar-refractivity contribution in [2.75, 3.05) is 13.2 Å². The van der Waals surface area contributed by atoms with Crippen molar-refractivity contribution in [1.29, 1.82) is 0 Å². The second-order valence-corrected chi connectivity index (χ2v) is 13.5. The van der Waals surface area contributed by atoms with Crippen LogP contribution in [0, 0.1) is 17.6 Å². The summed E-state index contributed by atoms with van der Waals surface area (Å²) in [5.74, 6) is -2.82. The van der Waals surface area contributed by atoms with Crippen LogP contribution in [-0.2, 0) is 9.22 Å². The summed E-state index contributed by atoms with van der Waals surface area (Å²) in [7, 11) is -1.82.